The SMILES string of the molecule is COc1nc(-c2cc(C)c(N[C@@H](C)c3ccncc3)nn2)ccc1-n1cnc(C)c1. The summed E-state index contributed by atoms with van der Waals surface area (Å²) in [7, 11) is 1.60. The van der Waals surface area contributed by atoms with E-state index in [9.17, 15) is 0 Å². The summed E-state index contributed by atoms with van der Waals surface area (Å²) in [6.45, 7) is 6.02. The number of nitrogens with one attached hydrogen (secondary N) is 1. The van der Waals surface area contributed by atoms with Gasteiger partial charge in [0.05, 0.1) is 30.9 Å². The van der Waals surface area contributed by atoms with Crippen molar-refractivity contribution in [3.05, 3.63) is 72.1 Å². The predicted octanol–water partition coefficient (Wildman–Crippen LogP) is 3.92. The first-order valence-electron chi connectivity index (χ1n) is 9.62. The van der Waals surface area contributed by atoms with Gasteiger partial charge in [0.1, 0.15) is 11.4 Å². The van der Waals surface area contributed by atoms with E-state index in [2.05, 4.69) is 37.4 Å². The Morgan fingerprint density at radius 3 is 2.50 bits per heavy atom. The van der Waals surface area contributed by atoms with Crippen LogP contribution in [0.2, 0.25) is 0 Å². The number of hydrogen-bond donors (Lipinski definition) is 1. The highest BCUT2D eigenvalue weighted by molar-refractivity contribution is 5.61. The van der Waals surface area contributed by atoms with Crippen LogP contribution < -0.4 is 10.1 Å². The largest absolute Gasteiger partial charge is 0.479 e. The lowest BCUT2D eigenvalue weighted by molar-refractivity contribution is 0.396. The number of anilines is 1. The highest BCUT2D eigenvalue weighted by atomic mass is 16.5. The zero-order valence-electron chi connectivity index (χ0n) is 17.4. The Morgan fingerprint density at radius 1 is 1.03 bits per heavy atom. The maximum Gasteiger partial charge on any atom is 0.238 e. The number of aryl methyl sites for hydroxylation is 2. The van der Waals surface area contributed by atoms with Crippen molar-refractivity contribution in [2.45, 2.75) is 26.8 Å². The summed E-state index contributed by atoms with van der Waals surface area (Å²) >= 11 is 0. The zero-order chi connectivity index (χ0) is 21.1. The van der Waals surface area contributed by atoms with E-state index in [0.29, 0.717) is 17.3 Å². The summed E-state index contributed by atoms with van der Waals surface area (Å²) in [6.07, 6.45) is 7.22. The van der Waals surface area contributed by atoms with Crippen molar-refractivity contribution >= 4 is 5.82 Å². The number of methoxy groups -OCH3 is 1. The first kappa shape index (κ1) is 19.5. The van der Waals surface area contributed by atoms with E-state index < -0.39 is 0 Å². The molecule has 0 radical (unpaired) electrons. The van der Waals surface area contributed by atoms with Gasteiger partial charge < -0.3 is 14.6 Å². The number of ether oxygens (including phenoxy) is 1. The van der Waals surface area contributed by atoms with Crippen molar-refractivity contribution in [2.24, 2.45) is 0 Å². The molecule has 0 amide bonds. The molecule has 1 N–H and O–H groups in total. The molecule has 1 atom stereocenters. The number of aromatic nitrogens is 6. The Balaban J connectivity index is 1.59. The average molecular weight is 401 g/mol. The van der Waals surface area contributed by atoms with Gasteiger partial charge in [-0.05, 0) is 62.2 Å². The molecule has 8 nitrogen and oxygen atoms in total. The number of rotatable bonds is 6. The lowest BCUT2D eigenvalue weighted by Gasteiger charge is -2.16. The first-order valence-corrected chi connectivity index (χ1v) is 9.62. The fourth-order valence-electron chi connectivity index (χ4n) is 3.17. The van der Waals surface area contributed by atoms with Crippen molar-refractivity contribution in [3.63, 3.8) is 0 Å². The van der Waals surface area contributed by atoms with E-state index in [1.165, 1.54) is 0 Å². The first-order chi connectivity index (χ1) is 14.5. The van der Waals surface area contributed by atoms with Crippen molar-refractivity contribution in [2.75, 3.05) is 12.4 Å². The van der Waals surface area contributed by atoms with Crippen molar-refractivity contribution in [1.82, 2.24) is 29.7 Å². The van der Waals surface area contributed by atoms with Crippen LogP contribution in [0.3, 0.4) is 0 Å². The third-order valence-corrected chi connectivity index (χ3v) is 4.83. The second kappa shape index (κ2) is 8.28. The van der Waals surface area contributed by atoms with Gasteiger partial charge in [-0.25, -0.2) is 9.97 Å². The van der Waals surface area contributed by atoms with E-state index in [4.69, 9.17) is 4.74 Å². The molecule has 0 fully saturated rings. The van der Waals surface area contributed by atoms with E-state index in [0.717, 1.165) is 28.3 Å². The van der Waals surface area contributed by atoms with Crippen LogP contribution in [-0.2, 0) is 0 Å². The number of pyridine rings is 2. The molecule has 30 heavy (non-hydrogen) atoms. The van der Waals surface area contributed by atoms with Gasteiger partial charge in [-0.2, -0.15) is 0 Å². The van der Waals surface area contributed by atoms with Crippen LogP contribution in [0.4, 0.5) is 5.82 Å². The number of imidazole rings is 1. The predicted molar refractivity (Wildman–Crippen MR) is 115 cm³/mol. The van der Waals surface area contributed by atoms with Crippen LogP contribution >= 0.6 is 0 Å². The maximum absolute atomic E-state index is 5.50. The lowest BCUT2D eigenvalue weighted by atomic mass is 10.1. The standard InChI is InChI=1S/C22H23N7O/c1-14-11-19(27-28-21(14)25-16(3)17-7-9-23-10-8-17)18-5-6-20(22(26-18)30-4)29-12-15(2)24-13-29/h5-13,16H,1-4H3,(H,25,28)/t16-/m0/s1. The molecule has 4 heterocycles. The zero-order valence-corrected chi connectivity index (χ0v) is 17.4. The number of nitrogens with zero attached hydrogens (tertiary/aromatic N) is 6. The van der Waals surface area contributed by atoms with Crippen molar-refractivity contribution < 1.29 is 4.74 Å². The molecule has 0 aliphatic rings. The molecule has 4 aromatic rings. The maximum atomic E-state index is 5.50. The minimum Gasteiger partial charge on any atom is -0.479 e. The van der Waals surface area contributed by atoms with Gasteiger partial charge in [0, 0.05) is 18.6 Å². The fourth-order valence-corrected chi connectivity index (χ4v) is 3.17. The van der Waals surface area contributed by atoms with Gasteiger partial charge in [-0.3, -0.25) is 4.98 Å². The molecule has 0 bridgehead atoms. The lowest BCUT2D eigenvalue weighted by Crippen LogP contribution is -2.10. The van der Waals surface area contributed by atoms with Crippen molar-refractivity contribution in [1.29, 1.82) is 0 Å². The summed E-state index contributed by atoms with van der Waals surface area (Å²) in [5.74, 6) is 1.23. The highest BCUT2D eigenvalue weighted by Gasteiger charge is 2.14. The Labute approximate surface area is 175 Å². The summed E-state index contributed by atoms with van der Waals surface area (Å²) in [5, 5.41) is 12.2. The third kappa shape index (κ3) is 3.98. The van der Waals surface area contributed by atoms with Crippen LogP contribution in [0.1, 0.15) is 29.8 Å². The third-order valence-electron chi connectivity index (χ3n) is 4.83. The van der Waals surface area contributed by atoms with Crippen LogP contribution in [0.15, 0.2) is 55.2 Å². The quantitative estimate of drug-likeness (QED) is 0.524. The highest BCUT2D eigenvalue weighted by Crippen LogP contribution is 2.27. The van der Waals surface area contributed by atoms with E-state index in [1.807, 2.05) is 54.9 Å². The second-order valence-corrected chi connectivity index (χ2v) is 7.05. The number of hydrogen-bond acceptors (Lipinski definition) is 7. The summed E-state index contributed by atoms with van der Waals surface area (Å²) in [5.41, 5.74) is 5.23. The molecule has 0 saturated heterocycles. The smallest absolute Gasteiger partial charge is 0.238 e. The minimum absolute atomic E-state index is 0.0861. The average Bonchev–Trinajstić information content (AvgIpc) is 3.21. The Kier molecular flexibility index (Phi) is 5.38. The molecule has 152 valence electrons. The molecular formula is C22H23N7O. The van der Waals surface area contributed by atoms with Crippen LogP contribution in [-0.4, -0.2) is 36.8 Å². The second-order valence-electron chi connectivity index (χ2n) is 7.05. The molecule has 0 unspecified atom stereocenters. The van der Waals surface area contributed by atoms with Gasteiger partial charge in [-0.1, -0.05) is 0 Å². The molecule has 0 spiro atoms. The molecule has 4 rings (SSSR count). The molecule has 0 aromatic carbocycles. The molecule has 0 aliphatic carbocycles. The van der Waals surface area contributed by atoms with Crippen molar-refractivity contribution in [3.8, 4) is 23.0 Å². The fraction of sp³-hybridized carbons (Fsp3) is 0.227. The van der Waals surface area contributed by atoms with E-state index in [1.54, 1.807) is 25.8 Å². The molecule has 0 aliphatic heterocycles. The summed E-state index contributed by atoms with van der Waals surface area (Å²) in [4.78, 5) is 12.9. The van der Waals surface area contributed by atoms with E-state index >= 15 is 0 Å². The minimum atomic E-state index is 0.0861. The molecule has 4 aromatic heterocycles. The monoisotopic (exact) mass is 401 g/mol. The normalized spacial score (nSPS) is 11.9. The van der Waals surface area contributed by atoms with E-state index in [-0.39, 0.29) is 6.04 Å². The van der Waals surface area contributed by atoms with Gasteiger partial charge >= 0.3 is 0 Å². The van der Waals surface area contributed by atoms with Crippen LogP contribution in [0.25, 0.3) is 17.1 Å². The van der Waals surface area contributed by atoms with Gasteiger partial charge in [0.2, 0.25) is 5.88 Å². The van der Waals surface area contributed by atoms with Crippen LogP contribution in [0, 0.1) is 13.8 Å². The molecular weight excluding hydrogens is 378 g/mol. The summed E-state index contributed by atoms with van der Waals surface area (Å²) in [6, 6.07) is 9.86. The van der Waals surface area contributed by atoms with Crippen LogP contribution in [0.5, 0.6) is 5.88 Å². The van der Waals surface area contributed by atoms with Gasteiger partial charge in [0.25, 0.3) is 0 Å². The Hall–Kier alpha value is -3.81. The molecule has 8 heteroatoms. The summed E-state index contributed by atoms with van der Waals surface area (Å²) < 4.78 is 7.39. The van der Waals surface area contributed by atoms with Gasteiger partial charge in [0.15, 0.2) is 5.82 Å². The topological polar surface area (TPSA) is 90.6 Å². The Morgan fingerprint density at radius 2 is 1.83 bits per heavy atom. The van der Waals surface area contributed by atoms with Gasteiger partial charge in [-0.15, -0.1) is 10.2 Å². The Bertz CT molecular complexity index is 1160. The molecule has 0 saturated carbocycles.